The Labute approximate surface area is 168 Å². The van der Waals surface area contributed by atoms with Gasteiger partial charge in [-0.25, -0.2) is 0 Å². The maximum Gasteiger partial charge on any atom is 0.311 e. The Morgan fingerprint density at radius 2 is 1.68 bits per heavy atom. The lowest BCUT2D eigenvalue weighted by molar-refractivity contribution is -0.166. The second-order valence-corrected chi connectivity index (χ2v) is 10.7. The maximum absolute atomic E-state index is 12.9. The third kappa shape index (κ3) is 5.33. The van der Waals surface area contributed by atoms with Gasteiger partial charge in [0.15, 0.2) is 0 Å². The smallest absolute Gasteiger partial charge is 0.311 e. The molecule has 0 aliphatic heterocycles. The van der Waals surface area contributed by atoms with Crippen LogP contribution in [-0.2, 0) is 35.2 Å². The van der Waals surface area contributed by atoms with Gasteiger partial charge in [0, 0.05) is 0 Å². The summed E-state index contributed by atoms with van der Waals surface area (Å²) in [7, 11) is -3.88. The minimum absolute atomic E-state index is 0.224. The molecule has 0 bridgehead atoms. The van der Waals surface area contributed by atoms with Crippen molar-refractivity contribution in [3.8, 4) is 0 Å². The van der Waals surface area contributed by atoms with E-state index in [1.54, 1.807) is 41.5 Å². The van der Waals surface area contributed by atoms with Crippen LogP contribution in [0.25, 0.3) is 0 Å². The number of carbonyl (C=O) groups excluding carboxylic acids is 1. The number of rotatable bonds is 9. The third-order valence-electron chi connectivity index (χ3n) is 4.68. The summed E-state index contributed by atoms with van der Waals surface area (Å²) in [5.74, 6) is -0.397. The molecular formula is C21H32O6S. The van der Waals surface area contributed by atoms with E-state index in [0.717, 1.165) is 5.56 Å². The van der Waals surface area contributed by atoms with Gasteiger partial charge in [0.25, 0.3) is 10.1 Å². The average Bonchev–Trinajstić information content (AvgIpc) is 3.36. The molecule has 0 N–H and O–H groups in total. The first kappa shape index (κ1) is 22.8. The van der Waals surface area contributed by atoms with E-state index in [-0.39, 0.29) is 6.61 Å². The van der Waals surface area contributed by atoms with Gasteiger partial charge in [-0.2, -0.15) is 8.42 Å². The van der Waals surface area contributed by atoms with Crippen LogP contribution < -0.4 is 0 Å². The minimum atomic E-state index is -3.88. The van der Waals surface area contributed by atoms with Gasteiger partial charge in [-0.1, -0.05) is 30.3 Å². The van der Waals surface area contributed by atoms with E-state index in [0.29, 0.717) is 12.8 Å². The van der Waals surface area contributed by atoms with E-state index in [9.17, 15) is 13.2 Å². The van der Waals surface area contributed by atoms with E-state index in [1.165, 1.54) is 0 Å². The van der Waals surface area contributed by atoms with Crippen molar-refractivity contribution in [3.63, 3.8) is 0 Å². The molecule has 1 unspecified atom stereocenters. The van der Waals surface area contributed by atoms with Crippen LogP contribution in [0.4, 0.5) is 0 Å². The highest BCUT2D eigenvalue weighted by Gasteiger charge is 2.64. The summed E-state index contributed by atoms with van der Waals surface area (Å²) in [6.45, 7) is 10.5. The second-order valence-electron chi connectivity index (χ2n) is 8.74. The van der Waals surface area contributed by atoms with Gasteiger partial charge in [-0.05, 0) is 59.9 Å². The molecule has 0 spiro atoms. The van der Waals surface area contributed by atoms with E-state index in [2.05, 4.69) is 0 Å². The zero-order chi connectivity index (χ0) is 21.2. The van der Waals surface area contributed by atoms with Gasteiger partial charge in [-0.15, -0.1) is 0 Å². The summed E-state index contributed by atoms with van der Waals surface area (Å²) in [5, 5.41) is 0. The molecular weight excluding hydrogens is 380 g/mol. The topological polar surface area (TPSA) is 78.9 Å². The van der Waals surface area contributed by atoms with Gasteiger partial charge in [0.05, 0.1) is 18.1 Å². The number of benzene rings is 1. The molecule has 1 aliphatic rings. The summed E-state index contributed by atoms with van der Waals surface area (Å²) in [4.78, 5) is 12.4. The van der Waals surface area contributed by atoms with Crippen molar-refractivity contribution >= 4 is 16.1 Å². The highest BCUT2D eigenvalue weighted by Crippen LogP contribution is 2.50. The molecule has 1 saturated carbocycles. The Kier molecular flexibility index (Phi) is 6.94. The van der Waals surface area contributed by atoms with Crippen LogP contribution in [0.15, 0.2) is 30.3 Å². The molecule has 1 fully saturated rings. The first-order valence-electron chi connectivity index (χ1n) is 9.68. The zero-order valence-corrected chi connectivity index (χ0v) is 18.4. The Hall–Kier alpha value is -1.44. The van der Waals surface area contributed by atoms with Gasteiger partial charge in [0.1, 0.15) is 17.0 Å². The number of hydrogen-bond acceptors (Lipinski definition) is 6. The third-order valence-corrected chi connectivity index (χ3v) is 6.96. The molecule has 1 aliphatic carbocycles. The van der Waals surface area contributed by atoms with Gasteiger partial charge >= 0.3 is 5.97 Å². The van der Waals surface area contributed by atoms with E-state index in [4.69, 9.17) is 13.7 Å². The fourth-order valence-electron chi connectivity index (χ4n) is 3.03. The van der Waals surface area contributed by atoms with E-state index in [1.807, 2.05) is 30.3 Å². The lowest BCUT2D eigenvalue weighted by atomic mass is 9.97. The molecule has 0 aromatic heterocycles. The largest absolute Gasteiger partial charge is 0.459 e. The highest BCUT2D eigenvalue weighted by molar-refractivity contribution is 7.88. The molecule has 0 heterocycles. The Balaban J connectivity index is 2.27. The first-order valence-corrected chi connectivity index (χ1v) is 11.1. The second kappa shape index (κ2) is 8.51. The molecule has 1 aromatic carbocycles. The molecule has 0 amide bonds. The lowest BCUT2D eigenvalue weighted by Gasteiger charge is -2.33. The minimum Gasteiger partial charge on any atom is -0.459 e. The Morgan fingerprint density at radius 3 is 2.14 bits per heavy atom. The van der Waals surface area contributed by atoms with E-state index < -0.39 is 44.6 Å². The summed E-state index contributed by atoms with van der Waals surface area (Å²) < 4.78 is 41.6. The average molecular weight is 413 g/mol. The van der Waals surface area contributed by atoms with Crippen molar-refractivity contribution in [2.24, 2.45) is 5.41 Å². The molecule has 7 heteroatoms. The van der Waals surface area contributed by atoms with Crippen LogP contribution in [0.1, 0.15) is 59.9 Å². The van der Waals surface area contributed by atoms with Gasteiger partial charge < -0.3 is 9.47 Å². The van der Waals surface area contributed by atoms with Crippen molar-refractivity contribution in [2.75, 3.05) is 0 Å². The number of esters is 1. The van der Waals surface area contributed by atoms with Crippen molar-refractivity contribution in [2.45, 2.75) is 84.0 Å². The van der Waals surface area contributed by atoms with Crippen LogP contribution in [0.5, 0.6) is 0 Å². The molecule has 0 radical (unpaired) electrons. The normalized spacial score (nSPS) is 18.5. The van der Waals surface area contributed by atoms with Crippen molar-refractivity contribution in [3.05, 3.63) is 35.9 Å². The summed E-state index contributed by atoms with van der Waals surface area (Å²) >= 11 is 0. The van der Waals surface area contributed by atoms with Crippen LogP contribution in [0.3, 0.4) is 0 Å². The van der Waals surface area contributed by atoms with Crippen LogP contribution in [0.2, 0.25) is 0 Å². The van der Waals surface area contributed by atoms with Crippen LogP contribution in [-0.4, -0.2) is 37.4 Å². The van der Waals surface area contributed by atoms with Crippen LogP contribution in [0, 0.1) is 5.41 Å². The molecule has 28 heavy (non-hydrogen) atoms. The fourth-order valence-corrected chi connectivity index (χ4v) is 4.88. The maximum atomic E-state index is 12.9. The predicted molar refractivity (Wildman–Crippen MR) is 107 cm³/mol. The first-order chi connectivity index (χ1) is 12.9. The van der Waals surface area contributed by atoms with E-state index >= 15 is 0 Å². The van der Waals surface area contributed by atoms with Crippen molar-refractivity contribution in [1.82, 2.24) is 0 Å². The SMILES string of the molecule is CC(C)OS(=O)(=O)C1([C@@H](OCc2ccccc2)C(C)OC(=O)C(C)(C)C)CC1. The quantitative estimate of drug-likeness (QED) is 0.453. The number of hydrogen-bond donors (Lipinski definition) is 0. The molecule has 158 valence electrons. The van der Waals surface area contributed by atoms with Crippen molar-refractivity contribution < 1.29 is 26.9 Å². The molecule has 6 nitrogen and oxygen atoms in total. The number of carbonyl (C=O) groups is 1. The summed E-state index contributed by atoms with van der Waals surface area (Å²) in [6.07, 6.45) is -1.19. The van der Waals surface area contributed by atoms with Crippen molar-refractivity contribution in [1.29, 1.82) is 0 Å². The monoisotopic (exact) mass is 412 g/mol. The highest BCUT2D eigenvalue weighted by atomic mass is 32.2. The van der Waals surface area contributed by atoms with Crippen LogP contribution >= 0.6 is 0 Å². The summed E-state index contributed by atoms with van der Waals surface area (Å²) in [5.41, 5.74) is 0.224. The zero-order valence-electron chi connectivity index (χ0n) is 17.6. The summed E-state index contributed by atoms with van der Waals surface area (Å²) in [6, 6.07) is 9.49. The van der Waals surface area contributed by atoms with Gasteiger partial charge in [0.2, 0.25) is 0 Å². The molecule has 2 atom stereocenters. The Bertz CT molecular complexity index is 760. The molecule has 2 rings (SSSR count). The standard InChI is InChI=1S/C21H32O6S/c1-15(2)27-28(23,24)21(12-13-21)18(16(3)26-19(22)20(4,5)6)25-14-17-10-8-7-9-11-17/h7-11,15-16,18H,12-14H2,1-6H3/t16?,18-/m0/s1. The lowest BCUT2D eigenvalue weighted by Crippen LogP contribution is -2.48. The fraction of sp³-hybridized carbons (Fsp3) is 0.667. The number of ether oxygens (including phenoxy) is 2. The molecule has 1 aromatic rings. The molecule has 0 saturated heterocycles. The Morgan fingerprint density at radius 1 is 1.11 bits per heavy atom. The predicted octanol–water partition coefficient (Wildman–Crippen LogP) is 3.84. The van der Waals surface area contributed by atoms with Gasteiger partial charge in [-0.3, -0.25) is 8.98 Å².